The number of aliphatic carboxylic acids is 2. The first-order valence-electron chi connectivity index (χ1n) is 13.3. The van der Waals surface area contributed by atoms with Crippen LogP contribution in [0.2, 0.25) is 0 Å². The Morgan fingerprint density at radius 1 is 1.08 bits per heavy atom. The van der Waals surface area contributed by atoms with Crippen LogP contribution in [0, 0.1) is 0 Å². The van der Waals surface area contributed by atoms with Crippen molar-refractivity contribution in [2.24, 2.45) is 0 Å². The van der Waals surface area contributed by atoms with E-state index in [1.54, 1.807) is 12.1 Å². The number of benzene rings is 2. The predicted octanol–water partition coefficient (Wildman–Crippen LogP) is 4.57. The van der Waals surface area contributed by atoms with E-state index in [9.17, 15) is 18.0 Å². The minimum atomic E-state index is -3.62. The molecule has 0 radical (unpaired) electrons. The van der Waals surface area contributed by atoms with Gasteiger partial charge in [0.1, 0.15) is 5.75 Å². The van der Waals surface area contributed by atoms with Crippen molar-refractivity contribution >= 4 is 21.8 Å². The second kappa shape index (κ2) is 15.0. The summed E-state index contributed by atoms with van der Waals surface area (Å²) in [6.07, 6.45) is 2.61. The van der Waals surface area contributed by atoms with Crippen molar-refractivity contribution in [1.82, 2.24) is 10.6 Å². The maximum Gasteiger partial charge on any atom is 0.304 e. The molecular weight excluding hydrogens is 520 g/mol. The van der Waals surface area contributed by atoms with Gasteiger partial charge in [0, 0.05) is 29.7 Å². The Bertz CT molecular complexity index is 1140. The van der Waals surface area contributed by atoms with Crippen molar-refractivity contribution in [2.45, 2.75) is 88.4 Å². The third-order valence-electron chi connectivity index (χ3n) is 6.98. The third-order valence-corrected chi connectivity index (χ3v) is 8.94. The summed E-state index contributed by atoms with van der Waals surface area (Å²) < 4.78 is 32.5. The number of rotatable bonds is 12. The van der Waals surface area contributed by atoms with E-state index in [0.29, 0.717) is 23.3 Å². The van der Waals surface area contributed by atoms with Crippen molar-refractivity contribution < 1.29 is 33.0 Å². The number of nitrogens with one attached hydrogen (secondary N) is 2. The fraction of sp³-hybridized carbons (Fsp3) is 0.517. The Balaban J connectivity index is 0.000000780. The summed E-state index contributed by atoms with van der Waals surface area (Å²) in [5.74, 6) is -1.78. The number of carboxylic acid groups (broad SMARTS) is 2. The number of ether oxygens (including phenoxy) is 1. The van der Waals surface area contributed by atoms with E-state index in [2.05, 4.69) is 17.6 Å². The standard InChI is InChI=1S/C23H36N2O7S.C6H6/c1-5-7-8-23(6-2)14-33(30,31)20-9-16(19(32-4)12-18(20)15(3)25-23)13-24-17(10-21(26)27)11-22(28)29;1-2-4-6-5-3-1/h9,12,15,17,24-25H,5-8,10-11,13-14H2,1-4H3,(H,26,27)(H,28,29);1-6H/t15-,23-;/m1./s1. The lowest BCUT2D eigenvalue weighted by Gasteiger charge is -2.34. The average molecular weight is 563 g/mol. The molecule has 10 heteroatoms. The third kappa shape index (κ3) is 9.63. The second-order valence-electron chi connectivity index (χ2n) is 9.99. The van der Waals surface area contributed by atoms with Gasteiger partial charge in [-0.3, -0.25) is 9.59 Å². The zero-order valence-corrected chi connectivity index (χ0v) is 24.1. The van der Waals surface area contributed by atoms with Gasteiger partial charge in [0.15, 0.2) is 9.84 Å². The van der Waals surface area contributed by atoms with Gasteiger partial charge in [-0.05, 0) is 37.5 Å². The zero-order valence-electron chi connectivity index (χ0n) is 23.3. The van der Waals surface area contributed by atoms with Crippen LogP contribution in [-0.4, -0.2) is 55.0 Å². The highest BCUT2D eigenvalue weighted by Gasteiger charge is 2.40. The van der Waals surface area contributed by atoms with Crippen molar-refractivity contribution in [1.29, 1.82) is 0 Å². The fourth-order valence-electron chi connectivity index (χ4n) is 4.89. The minimum Gasteiger partial charge on any atom is -0.496 e. The first-order valence-corrected chi connectivity index (χ1v) is 15.0. The predicted molar refractivity (Wildman–Crippen MR) is 151 cm³/mol. The molecule has 1 heterocycles. The van der Waals surface area contributed by atoms with E-state index in [4.69, 9.17) is 14.9 Å². The molecule has 2 aromatic rings. The molecule has 1 aliphatic heterocycles. The molecule has 0 saturated heterocycles. The second-order valence-corrected chi connectivity index (χ2v) is 12.0. The van der Waals surface area contributed by atoms with Gasteiger partial charge in [-0.2, -0.15) is 0 Å². The summed E-state index contributed by atoms with van der Waals surface area (Å²) in [6, 6.07) is 14.3. The SMILES string of the molecule is CCCC[C@]1(CC)CS(=O)(=O)c2cc(CNC(CC(=O)O)CC(=O)O)c(OC)cc2[C@@H](C)N1.c1ccccc1. The van der Waals surface area contributed by atoms with E-state index >= 15 is 0 Å². The maximum atomic E-state index is 13.5. The van der Waals surface area contributed by atoms with Gasteiger partial charge in [0.05, 0.1) is 30.6 Å². The topological polar surface area (TPSA) is 142 Å². The normalized spacial score (nSPS) is 19.8. The summed E-state index contributed by atoms with van der Waals surface area (Å²) in [5.41, 5.74) is 0.646. The lowest BCUT2D eigenvalue weighted by atomic mass is 9.90. The maximum absolute atomic E-state index is 13.5. The van der Waals surface area contributed by atoms with Gasteiger partial charge in [0.25, 0.3) is 0 Å². The summed E-state index contributed by atoms with van der Waals surface area (Å²) in [5, 5.41) is 24.7. The number of carbonyl (C=O) groups is 2. The van der Waals surface area contributed by atoms with E-state index in [1.807, 2.05) is 50.2 Å². The van der Waals surface area contributed by atoms with Gasteiger partial charge in [0.2, 0.25) is 0 Å². The molecule has 216 valence electrons. The Hall–Kier alpha value is -2.95. The zero-order chi connectivity index (χ0) is 29.1. The first-order chi connectivity index (χ1) is 18.5. The van der Waals surface area contributed by atoms with Crippen LogP contribution in [-0.2, 0) is 26.0 Å². The number of unbranched alkanes of at least 4 members (excludes halogenated alkanes) is 1. The molecule has 1 aliphatic rings. The first kappa shape index (κ1) is 32.3. The largest absolute Gasteiger partial charge is 0.496 e. The van der Waals surface area contributed by atoms with Crippen LogP contribution in [0.3, 0.4) is 0 Å². The van der Waals surface area contributed by atoms with Crippen LogP contribution in [0.25, 0.3) is 0 Å². The molecule has 4 N–H and O–H groups in total. The van der Waals surface area contributed by atoms with Gasteiger partial charge < -0.3 is 25.6 Å². The monoisotopic (exact) mass is 562 g/mol. The number of hydrogen-bond acceptors (Lipinski definition) is 7. The number of methoxy groups -OCH3 is 1. The summed E-state index contributed by atoms with van der Waals surface area (Å²) in [4.78, 5) is 22.4. The highest BCUT2D eigenvalue weighted by Crippen LogP contribution is 2.38. The minimum absolute atomic E-state index is 0.00626. The van der Waals surface area contributed by atoms with E-state index in [1.165, 1.54) is 7.11 Å². The summed E-state index contributed by atoms with van der Waals surface area (Å²) >= 11 is 0. The number of fused-ring (bicyclic) bond motifs is 1. The average Bonchev–Trinajstić information content (AvgIpc) is 2.98. The van der Waals surface area contributed by atoms with E-state index < -0.39 is 33.4 Å². The number of sulfone groups is 1. The van der Waals surface area contributed by atoms with Crippen LogP contribution < -0.4 is 15.4 Å². The molecule has 2 atom stereocenters. The Labute approximate surface area is 231 Å². The lowest BCUT2D eigenvalue weighted by Crippen LogP contribution is -2.49. The smallest absolute Gasteiger partial charge is 0.304 e. The highest BCUT2D eigenvalue weighted by atomic mass is 32.2. The molecule has 3 rings (SSSR count). The molecule has 0 aromatic heterocycles. The van der Waals surface area contributed by atoms with Crippen LogP contribution in [0.5, 0.6) is 5.75 Å². The molecule has 0 bridgehead atoms. The number of carboxylic acids is 2. The molecule has 0 unspecified atom stereocenters. The van der Waals surface area contributed by atoms with Crippen molar-refractivity contribution in [2.75, 3.05) is 12.9 Å². The van der Waals surface area contributed by atoms with Gasteiger partial charge >= 0.3 is 11.9 Å². The van der Waals surface area contributed by atoms with Gasteiger partial charge in [-0.1, -0.05) is 63.1 Å². The molecule has 0 amide bonds. The fourth-order valence-corrected chi connectivity index (χ4v) is 7.12. The molecule has 9 nitrogen and oxygen atoms in total. The van der Waals surface area contributed by atoms with Crippen LogP contribution in [0.4, 0.5) is 0 Å². The van der Waals surface area contributed by atoms with Crippen molar-refractivity contribution in [3.63, 3.8) is 0 Å². The Kier molecular flexibility index (Phi) is 12.4. The number of hydrogen-bond donors (Lipinski definition) is 4. The molecule has 0 fully saturated rings. The highest BCUT2D eigenvalue weighted by molar-refractivity contribution is 7.91. The Morgan fingerprint density at radius 3 is 2.10 bits per heavy atom. The van der Waals surface area contributed by atoms with E-state index in [-0.39, 0.29) is 36.1 Å². The summed E-state index contributed by atoms with van der Waals surface area (Å²) in [6.45, 7) is 6.11. The molecule has 0 spiro atoms. The van der Waals surface area contributed by atoms with Gasteiger partial charge in [-0.25, -0.2) is 8.42 Å². The molecule has 0 saturated carbocycles. The molecular formula is C29H42N2O7S. The van der Waals surface area contributed by atoms with Gasteiger partial charge in [-0.15, -0.1) is 0 Å². The molecule has 39 heavy (non-hydrogen) atoms. The molecule has 0 aliphatic carbocycles. The van der Waals surface area contributed by atoms with Crippen molar-refractivity contribution in [3.8, 4) is 5.75 Å². The van der Waals surface area contributed by atoms with E-state index in [0.717, 1.165) is 19.3 Å². The van der Waals surface area contributed by atoms with Crippen molar-refractivity contribution in [3.05, 3.63) is 59.7 Å². The quantitative estimate of drug-likeness (QED) is 0.293. The molecule has 2 aromatic carbocycles. The lowest BCUT2D eigenvalue weighted by molar-refractivity contribution is -0.139. The van der Waals surface area contributed by atoms with Crippen LogP contribution in [0.15, 0.2) is 53.4 Å². The van der Waals surface area contributed by atoms with Crippen LogP contribution >= 0.6 is 0 Å². The Morgan fingerprint density at radius 2 is 1.64 bits per heavy atom. The van der Waals surface area contributed by atoms with Crippen LogP contribution in [0.1, 0.15) is 76.5 Å². The summed E-state index contributed by atoms with van der Waals surface area (Å²) in [7, 11) is -2.14.